The molecule has 0 unspecified atom stereocenters. The van der Waals surface area contributed by atoms with Gasteiger partial charge in [0.2, 0.25) is 0 Å². The van der Waals surface area contributed by atoms with Crippen LogP contribution in [-0.2, 0) is 6.18 Å². The van der Waals surface area contributed by atoms with Crippen molar-refractivity contribution in [1.82, 2.24) is 5.32 Å². The van der Waals surface area contributed by atoms with Gasteiger partial charge in [-0.15, -0.1) is 0 Å². The Kier molecular flexibility index (Phi) is 4.48. The Bertz CT molecular complexity index is 501. The van der Waals surface area contributed by atoms with Crippen LogP contribution in [0, 0.1) is 5.82 Å². The minimum atomic E-state index is -4.52. The van der Waals surface area contributed by atoms with Crippen LogP contribution < -0.4 is 5.32 Å². The van der Waals surface area contributed by atoms with E-state index in [1.807, 2.05) is 6.92 Å². The summed E-state index contributed by atoms with van der Waals surface area (Å²) in [6.07, 6.45) is 0.124. The van der Waals surface area contributed by atoms with Crippen molar-refractivity contribution < 1.29 is 17.6 Å². The van der Waals surface area contributed by atoms with Crippen molar-refractivity contribution in [3.05, 3.63) is 40.7 Å². The average molecular weight is 287 g/mol. The quantitative estimate of drug-likeness (QED) is 0.792. The first-order valence-electron chi connectivity index (χ1n) is 6.69. The molecule has 5 heteroatoms. The van der Waals surface area contributed by atoms with Crippen molar-refractivity contribution in [1.29, 1.82) is 0 Å². The number of rotatable bonds is 5. The molecular weight excluding hydrogens is 270 g/mol. The van der Waals surface area contributed by atoms with E-state index in [-0.39, 0.29) is 5.56 Å². The van der Waals surface area contributed by atoms with Gasteiger partial charge in [0.15, 0.2) is 0 Å². The van der Waals surface area contributed by atoms with E-state index >= 15 is 0 Å². The average Bonchev–Trinajstić information content (AvgIpc) is 3.16. The summed E-state index contributed by atoms with van der Waals surface area (Å²) in [5.41, 5.74) is 0.275. The molecule has 1 N–H and O–H groups in total. The monoisotopic (exact) mass is 287 g/mol. The summed E-state index contributed by atoms with van der Waals surface area (Å²) in [7, 11) is 0. The van der Waals surface area contributed by atoms with Crippen molar-refractivity contribution in [2.24, 2.45) is 0 Å². The van der Waals surface area contributed by atoms with Crippen molar-refractivity contribution in [2.45, 2.75) is 38.4 Å². The predicted molar refractivity (Wildman–Crippen MR) is 70.7 cm³/mol. The van der Waals surface area contributed by atoms with E-state index in [1.165, 1.54) is 0 Å². The summed E-state index contributed by atoms with van der Waals surface area (Å²) < 4.78 is 51.2. The molecule has 0 spiro atoms. The summed E-state index contributed by atoms with van der Waals surface area (Å²) in [6, 6.07) is 3.16. The molecule has 1 aromatic rings. The van der Waals surface area contributed by atoms with Gasteiger partial charge in [-0.25, -0.2) is 4.39 Å². The Balaban J connectivity index is 2.18. The van der Waals surface area contributed by atoms with E-state index in [1.54, 1.807) is 6.08 Å². The molecule has 0 bridgehead atoms. The molecule has 20 heavy (non-hydrogen) atoms. The van der Waals surface area contributed by atoms with E-state index in [4.69, 9.17) is 0 Å². The predicted octanol–water partition coefficient (Wildman–Crippen LogP) is 4.39. The van der Waals surface area contributed by atoms with Crippen molar-refractivity contribution in [3.63, 3.8) is 0 Å². The zero-order valence-electron chi connectivity index (χ0n) is 11.2. The normalized spacial score (nSPS) is 16.6. The van der Waals surface area contributed by atoms with E-state index in [9.17, 15) is 17.6 Å². The van der Waals surface area contributed by atoms with Gasteiger partial charge in [-0.05, 0) is 43.0 Å². The van der Waals surface area contributed by atoms with Crippen LogP contribution in [0.3, 0.4) is 0 Å². The van der Waals surface area contributed by atoms with Crippen LogP contribution in [0.2, 0.25) is 0 Å². The molecule has 2 rings (SSSR count). The van der Waals surface area contributed by atoms with Gasteiger partial charge < -0.3 is 5.32 Å². The second kappa shape index (κ2) is 5.95. The van der Waals surface area contributed by atoms with E-state index in [2.05, 4.69) is 5.32 Å². The Hall–Kier alpha value is -1.36. The first-order valence-corrected chi connectivity index (χ1v) is 6.69. The SMILES string of the molecule is CC/C(=C/c1cc(F)cc(C(F)(F)F)c1)CNC1CC1. The molecule has 1 aliphatic carbocycles. The summed E-state index contributed by atoms with van der Waals surface area (Å²) in [4.78, 5) is 0. The lowest BCUT2D eigenvalue weighted by Gasteiger charge is -2.10. The van der Waals surface area contributed by atoms with E-state index in [0.29, 0.717) is 18.7 Å². The van der Waals surface area contributed by atoms with Gasteiger partial charge in [-0.1, -0.05) is 18.6 Å². The minimum Gasteiger partial charge on any atom is -0.310 e. The summed E-state index contributed by atoms with van der Waals surface area (Å²) >= 11 is 0. The van der Waals surface area contributed by atoms with Gasteiger partial charge in [0.05, 0.1) is 5.56 Å². The standard InChI is InChI=1S/C15H17F4N/c1-2-10(9-20-14-3-4-14)5-11-6-12(15(17,18)19)8-13(16)7-11/h5-8,14,20H,2-4,9H2,1H3/b10-5-. The molecule has 0 heterocycles. The van der Waals surface area contributed by atoms with Crippen molar-refractivity contribution in [2.75, 3.05) is 6.54 Å². The van der Waals surface area contributed by atoms with Gasteiger partial charge in [-0.2, -0.15) is 13.2 Å². The lowest BCUT2D eigenvalue weighted by atomic mass is 10.1. The molecule has 0 aliphatic heterocycles. The fourth-order valence-electron chi connectivity index (χ4n) is 1.94. The molecule has 1 fully saturated rings. The molecule has 1 aromatic carbocycles. The number of halogens is 4. The van der Waals surface area contributed by atoms with Crippen LogP contribution in [0.25, 0.3) is 6.08 Å². The van der Waals surface area contributed by atoms with Crippen molar-refractivity contribution >= 4 is 6.08 Å². The van der Waals surface area contributed by atoms with Crippen LogP contribution in [0.1, 0.15) is 37.3 Å². The summed E-state index contributed by atoms with van der Waals surface area (Å²) in [6.45, 7) is 2.57. The van der Waals surface area contributed by atoms with Gasteiger partial charge in [0, 0.05) is 12.6 Å². The molecule has 0 aromatic heterocycles. The molecule has 0 atom stereocenters. The zero-order valence-corrected chi connectivity index (χ0v) is 11.2. The fraction of sp³-hybridized carbons (Fsp3) is 0.467. The highest BCUT2D eigenvalue weighted by atomic mass is 19.4. The number of alkyl halides is 3. The number of hydrogen-bond donors (Lipinski definition) is 1. The minimum absolute atomic E-state index is 0.256. The largest absolute Gasteiger partial charge is 0.416 e. The van der Waals surface area contributed by atoms with E-state index in [0.717, 1.165) is 37.0 Å². The van der Waals surface area contributed by atoms with Crippen LogP contribution in [0.5, 0.6) is 0 Å². The lowest BCUT2D eigenvalue weighted by molar-refractivity contribution is -0.137. The number of hydrogen-bond acceptors (Lipinski definition) is 1. The first kappa shape index (κ1) is 15.0. The van der Waals surface area contributed by atoms with Gasteiger partial charge in [-0.3, -0.25) is 0 Å². The van der Waals surface area contributed by atoms with Gasteiger partial charge in [0.1, 0.15) is 5.82 Å². The molecule has 1 nitrogen and oxygen atoms in total. The second-order valence-corrected chi connectivity index (χ2v) is 5.08. The van der Waals surface area contributed by atoms with Gasteiger partial charge in [0.25, 0.3) is 0 Å². The van der Waals surface area contributed by atoms with Crippen molar-refractivity contribution in [3.8, 4) is 0 Å². The highest BCUT2D eigenvalue weighted by Crippen LogP contribution is 2.31. The fourth-order valence-corrected chi connectivity index (χ4v) is 1.94. The van der Waals surface area contributed by atoms with Crippen LogP contribution in [-0.4, -0.2) is 12.6 Å². The topological polar surface area (TPSA) is 12.0 Å². The number of nitrogens with one attached hydrogen (secondary N) is 1. The maximum Gasteiger partial charge on any atom is 0.416 e. The maximum atomic E-state index is 13.3. The third-order valence-electron chi connectivity index (χ3n) is 3.27. The Morgan fingerprint density at radius 2 is 2.00 bits per heavy atom. The zero-order chi connectivity index (χ0) is 14.8. The molecule has 1 saturated carbocycles. The second-order valence-electron chi connectivity index (χ2n) is 5.08. The van der Waals surface area contributed by atoms with Crippen LogP contribution >= 0.6 is 0 Å². The third-order valence-corrected chi connectivity index (χ3v) is 3.27. The Morgan fingerprint density at radius 3 is 2.55 bits per heavy atom. The molecular formula is C15H17F4N. The van der Waals surface area contributed by atoms with Crippen LogP contribution in [0.15, 0.2) is 23.8 Å². The molecule has 0 saturated heterocycles. The Labute approximate surface area is 115 Å². The smallest absolute Gasteiger partial charge is 0.310 e. The molecule has 0 radical (unpaired) electrons. The maximum absolute atomic E-state index is 13.3. The van der Waals surface area contributed by atoms with Crippen LogP contribution in [0.4, 0.5) is 17.6 Å². The summed E-state index contributed by atoms with van der Waals surface area (Å²) in [5.74, 6) is -0.864. The highest BCUT2D eigenvalue weighted by molar-refractivity contribution is 5.54. The van der Waals surface area contributed by atoms with E-state index < -0.39 is 17.6 Å². The molecule has 0 amide bonds. The Morgan fingerprint density at radius 1 is 1.30 bits per heavy atom. The number of benzene rings is 1. The first-order chi connectivity index (χ1) is 9.38. The molecule has 1 aliphatic rings. The third kappa shape index (κ3) is 4.34. The summed E-state index contributed by atoms with van der Waals surface area (Å²) in [5, 5.41) is 3.30. The molecule has 110 valence electrons. The highest BCUT2D eigenvalue weighted by Gasteiger charge is 2.31. The lowest BCUT2D eigenvalue weighted by Crippen LogP contribution is -2.18. The van der Waals surface area contributed by atoms with Gasteiger partial charge >= 0.3 is 6.18 Å².